The van der Waals surface area contributed by atoms with E-state index in [2.05, 4.69) is 15.2 Å². The Morgan fingerprint density at radius 1 is 1.28 bits per heavy atom. The van der Waals surface area contributed by atoms with E-state index >= 15 is 0 Å². The average molecular weight is 478 g/mol. The van der Waals surface area contributed by atoms with Crippen LogP contribution in [0.1, 0.15) is 46.2 Å². The van der Waals surface area contributed by atoms with Crippen LogP contribution in [0.25, 0.3) is 0 Å². The van der Waals surface area contributed by atoms with Crippen LogP contribution in [0, 0.1) is 24.6 Å². The highest BCUT2D eigenvalue weighted by Crippen LogP contribution is 2.86. The average Bonchev–Trinajstić information content (AvgIpc) is 3.45. The van der Waals surface area contributed by atoms with Crippen LogP contribution in [0.15, 0.2) is 18.2 Å². The first-order valence-electron chi connectivity index (χ1n) is 10.5. The number of nitrogens with zero attached hydrogens (tertiary/aromatic N) is 1. The number of aromatic nitrogens is 1. The first-order chi connectivity index (χ1) is 15.0. The molecule has 2 unspecified atom stereocenters. The molecular weight excluding hydrogens is 457 g/mol. The van der Waals surface area contributed by atoms with E-state index in [4.69, 9.17) is 11.6 Å². The lowest BCUT2D eigenvalue weighted by Gasteiger charge is -2.38. The molecule has 7 nitrogen and oxygen atoms in total. The molecule has 10 heteroatoms. The van der Waals surface area contributed by atoms with E-state index in [-0.39, 0.29) is 34.8 Å². The van der Waals surface area contributed by atoms with Crippen molar-refractivity contribution < 1.29 is 22.4 Å². The maximum absolute atomic E-state index is 13.5. The summed E-state index contributed by atoms with van der Waals surface area (Å²) in [7, 11) is -3.07. The number of carbonyl (C=O) groups is 2. The zero-order chi connectivity index (χ0) is 22.7. The van der Waals surface area contributed by atoms with Crippen LogP contribution in [-0.2, 0) is 21.1 Å². The van der Waals surface area contributed by atoms with Crippen molar-refractivity contribution in [1.29, 1.82) is 0 Å². The molecule has 4 heterocycles. The molecule has 2 N–H and O–H groups in total. The maximum atomic E-state index is 13.5. The van der Waals surface area contributed by atoms with Crippen LogP contribution in [0.5, 0.6) is 0 Å². The van der Waals surface area contributed by atoms with Crippen LogP contribution in [0.3, 0.4) is 0 Å². The minimum Gasteiger partial charge on any atom is -0.349 e. The molecule has 3 fully saturated rings. The summed E-state index contributed by atoms with van der Waals surface area (Å²) in [6, 6.07) is 4.34. The predicted octanol–water partition coefficient (Wildman–Crippen LogP) is 2.59. The summed E-state index contributed by atoms with van der Waals surface area (Å²) in [5, 5.41) is 5.59. The minimum atomic E-state index is -3.07. The third-order valence-electron chi connectivity index (χ3n) is 7.26. The number of sulfone groups is 1. The highest BCUT2D eigenvalue weighted by molar-refractivity contribution is 7.93. The fourth-order valence-electron chi connectivity index (χ4n) is 5.95. The second-order valence-electron chi connectivity index (χ2n) is 9.78. The highest BCUT2D eigenvalue weighted by atomic mass is 35.5. The Labute approximate surface area is 189 Å². The highest BCUT2D eigenvalue weighted by Gasteiger charge is 2.81. The monoisotopic (exact) mass is 477 g/mol. The van der Waals surface area contributed by atoms with Gasteiger partial charge in [0, 0.05) is 23.3 Å². The van der Waals surface area contributed by atoms with E-state index in [9.17, 15) is 22.4 Å². The Morgan fingerprint density at radius 2 is 1.97 bits per heavy atom. The topological polar surface area (TPSA) is 97.3 Å². The zero-order valence-electron chi connectivity index (χ0n) is 17.4. The van der Waals surface area contributed by atoms with Crippen molar-refractivity contribution in [2.24, 2.45) is 11.8 Å². The van der Waals surface area contributed by atoms with Gasteiger partial charge in [-0.05, 0) is 55.0 Å². The normalized spacial score (nSPS) is 28.9. The Kier molecular flexibility index (Phi) is 3.88. The van der Waals surface area contributed by atoms with E-state index in [0.717, 1.165) is 16.8 Å². The predicted molar refractivity (Wildman–Crippen MR) is 116 cm³/mol. The van der Waals surface area contributed by atoms with Gasteiger partial charge >= 0.3 is 0 Å². The van der Waals surface area contributed by atoms with Gasteiger partial charge in [-0.1, -0.05) is 11.6 Å². The number of benzene rings is 1. The second-order valence-corrected chi connectivity index (χ2v) is 12.3. The third kappa shape index (κ3) is 2.80. The summed E-state index contributed by atoms with van der Waals surface area (Å²) in [5.41, 5.74) is 2.85. The molecule has 5 aliphatic rings. The van der Waals surface area contributed by atoms with Gasteiger partial charge in [0.25, 0.3) is 5.91 Å². The Balaban J connectivity index is 1.27. The molecule has 1 aromatic heterocycles. The largest absolute Gasteiger partial charge is 0.349 e. The van der Waals surface area contributed by atoms with Crippen molar-refractivity contribution in [1.82, 2.24) is 9.88 Å². The molecule has 32 heavy (non-hydrogen) atoms. The lowest BCUT2D eigenvalue weighted by Crippen LogP contribution is -2.63. The summed E-state index contributed by atoms with van der Waals surface area (Å²) >= 11 is 5.84. The third-order valence-corrected chi connectivity index (χ3v) is 9.70. The van der Waals surface area contributed by atoms with Crippen molar-refractivity contribution in [3.05, 3.63) is 51.6 Å². The number of anilines is 1. The van der Waals surface area contributed by atoms with Crippen molar-refractivity contribution >= 4 is 38.9 Å². The molecule has 3 aliphatic heterocycles. The molecular formula is C22H21ClFN3O4S. The first-order valence-corrected chi connectivity index (χ1v) is 12.7. The van der Waals surface area contributed by atoms with Crippen molar-refractivity contribution in [2.45, 2.75) is 37.8 Å². The van der Waals surface area contributed by atoms with Crippen LogP contribution in [0.2, 0.25) is 5.02 Å². The number of nitrogens with one attached hydrogen (secondary N) is 2. The molecule has 2 saturated carbocycles. The number of hydrogen-bond acceptors (Lipinski definition) is 4. The number of halogens is 2. The molecule has 1 aromatic carbocycles. The molecule has 1 saturated heterocycles. The van der Waals surface area contributed by atoms with Gasteiger partial charge < -0.3 is 15.2 Å². The summed E-state index contributed by atoms with van der Waals surface area (Å²) in [6.07, 6.45) is 0.106. The summed E-state index contributed by atoms with van der Waals surface area (Å²) in [5.74, 6) is 0.306. The molecule has 7 rings (SSSR count). The van der Waals surface area contributed by atoms with Gasteiger partial charge in [0.05, 0.1) is 28.5 Å². The molecule has 2 aromatic rings. The van der Waals surface area contributed by atoms with Crippen LogP contribution in [0.4, 0.5) is 10.1 Å². The Hall–Kier alpha value is -2.39. The van der Waals surface area contributed by atoms with Gasteiger partial charge in [-0.3, -0.25) is 9.59 Å². The minimum absolute atomic E-state index is 0.0542. The summed E-state index contributed by atoms with van der Waals surface area (Å²) in [6.45, 7) is 3.57. The number of carbonyl (C=O) groups excluding carboxylic acids is 2. The fourth-order valence-corrected chi connectivity index (χ4v) is 8.13. The summed E-state index contributed by atoms with van der Waals surface area (Å²) < 4.78 is 38.6. The molecule has 0 spiro atoms. The smallest absolute Gasteiger partial charge is 0.272 e. The van der Waals surface area contributed by atoms with E-state index in [1.807, 2.05) is 6.92 Å². The molecule has 4 atom stereocenters. The van der Waals surface area contributed by atoms with Gasteiger partial charge in [0.15, 0.2) is 9.84 Å². The van der Waals surface area contributed by atoms with Gasteiger partial charge in [-0.2, -0.15) is 0 Å². The summed E-state index contributed by atoms with van der Waals surface area (Å²) in [4.78, 5) is 26.0. The van der Waals surface area contributed by atoms with E-state index < -0.39 is 21.2 Å². The fraction of sp³-hybridized carbons (Fsp3) is 0.455. The lowest BCUT2D eigenvalue weighted by molar-refractivity contribution is -0.121. The van der Waals surface area contributed by atoms with Crippen LogP contribution < -0.4 is 10.6 Å². The SMILES string of the molecule is Cc1c(CC(=O)NC2(C)CS(=O)(=O)C2)c2n(c1C(=O)Nc1ccc(F)c(Cl)c1)[C@@H]1C3C2[C@@H]31. The molecule has 2 amide bonds. The van der Waals surface area contributed by atoms with Crippen molar-refractivity contribution in [2.75, 3.05) is 16.8 Å². The van der Waals surface area contributed by atoms with Crippen LogP contribution >= 0.6 is 11.6 Å². The standard InChI is InChI=1S/C22H21ClFN3O4S/c1-9-11(6-14(28)26-22(2)7-32(30,31)8-22)19-15-16-17(15)20(16)27(19)18(9)21(29)25-10-3-4-13(24)12(23)5-10/h3-5,15-17,20H,6-8H2,1-2H3,(H,25,29)(H,26,28)/t15?,16-,17?,20-/m0/s1. The molecule has 0 radical (unpaired) electrons. The quantitative estimate of drug-likeness (QED) is 0.691. The van der Waals surface area contributed by atoms with Gasteiger partial charge in [0.2, 0.25) is 5.91 Å². The van der Waals surface area contributed by atoms with Gasteiger partial charge in [-0.25, -0.2) is 12.8 Å². The van der Waals surface area contributed by atoms with Gasteiger partial charge in [0.1, 0.15) is 11.5 Å². The Morgan fingerprint density at radius 3 is 2.59 bits per heavy atom. The number of amides is 2. The van der Waals surface area contributed by atoms with E-state index in [0.29, 0.717) is 35.2 Å². The van der Waals surface area contributed by atoms with E-state index in [1.54, 1.807) is 6.92 Å². The number of rotatable bonds is 5. The number of hydrogen-bond donors (Lipinski definition) is 2. The lowest BCUT2D eigenvalue weighted by atomic mass is 9.99. The Bertz CT molecular complexity index is 1330. The van der Waals surface area contributed by atoms with Gasteiger partial charge in [-0.15, -0.1) is 0 Å². The molecule has 2 bridgehead atoms. The van der Waals surface area contributed by atoms with Crippen molar-refractivity contribution in [3.8, 4) is 0 Å². The van der Waals surface area contributed by atoms with E-state index in [1.165, 1.54) is 18.2 Å². The second kappa shape index (κ2) is 6.14. The van der Waals surface area contributed by atoms with Crippen molar-refractivity contribution in [3.63, 3.8) is 0 Å². The van der Waals surface area contributed by atoms with Crippen LogP contribution in [-0.4, -0.2) is 41.8 Å². The molecule has 2 aliphatic carbocycles. The zero-order valence-corrected chi connectivity index (χ0v) is 19.0. The maximum Gasteiger partial charge on any atom is 0.272 e. The first kappa shape index (κ1) is 20.2. The molecule has 168 valence electrons.